The molecule has 2 rings (SSSR count). The number of nitrogens with zero attached hydrogens (tertiary/aromatic N) is 1. The summed E-state index contributed by atoms with van der Waals surface area (Å²) in [6, 6.07) is 15.0. The zero-order valence-electron chi connectivity index (χ0n) is 11.1. The maximum absolute atomic E-state index is 2.23. The molecule has 0 saturated heterocycles. The van der Waals surface area contributed by atoms with Crippen LogP contribution in [0.3, 0.4) is 0 Å². The Morgan fingerprint density at radius 3 is 2.61 bits per heavy atom. The summed E-state index contributed by atoms with van der Waals surface area (Å²) in [6.45, 7) is 4.27. The molecule has 0 unspecified atom stereocenters. The monoisotopic (exact) mass is 238 g/mol. The SMILES string of the molecule is C/C=C\[n+]1ccccc1-c1ccccc1CCC. The normalized spacial score (nSPS) is 11.0. The van der Waals surface area contributed by atoms with Crippen LogP contribution in [0.5, 0.6) is 0 Å². The van der Waals surface area contributed by atoms with E-state index in [1.54, 1.807) is 0 Å². The summed E-state index contributed by atoms with van der Waals surface area (Å²) >= 11 is 0. The summed E-state index contributed by atoms with van der Waals surface area (Å²) in [6.07, 6.45) is 8.55. The van der Waals surface area contributed by atoms with Crippen LogP contribution in [0.25, 0.3) is 17.5 Å². The molecular weight excluding hydrogens is 218 g/mol. The fourth-order valence-corrected chi connectivity index (χ4v) is 2.23. The van der Waals surface area contributed by atoms with E-state index in [2.05, 4.69) is 72.4 Å². The van der Waals surface area contributed by atoms with Crippen LogP contribution in [0.2, 0.25) is 0 Å². The van der Waals surface area contributed by atoms with Gasteiger partial charge in [0.1, 0.15) is 0 Å². The van der Waals surface area contributed by atoms with Crippen molar-refractivity contribution in [3.63, 3.8) is 0 Å². The number of aryl methyl sites for hydroxylation is 1. The Morgan fingerprint density at radius 1 is 1.06 bits per heavy atom. The van der Waals surface area contributed by atoms with Crippen LogP contribution < -0.4 is 4.57 Å². The Morgan fingerprint density at radius 2 is 1.83 bits per heavy atom. The molecule has 1 aromatic carbocycles. The molecule has 2 aromatic rings. The van der Waals surface area contributed by atoms with E-state index in [1.165, 1.54) is 23.2 Å². The highest BCUT2D eigenvalue weighted by atomic mass is 14.9. The average molecular weight is 238 g/mol. The van der Waals surface area contributed by atoms with Crippen LogP contribution in [0.4, 0.5) is 0 Å². The number of hydrogen-bond acceptors (Lipinski definition) is 0. The third kappa shape index (κ3) is 2.67. The lowest BCUT2D eigenvalue weighted by Gasteiger charge is -2.06. The van der Waals surface area contributed by atoms with Crippen molar-refractivity contribution in [2.75, 3.05) is 0 Å². The average Bonchev–Trinajstić information content (AvgIpc) is 2.41. The summed E-state index contributed by atoms with van der Waals surface area (Å²) in [7, 11) is 0. The van der Waals surface area contributed by atoms with E-state index in [-0.39, 0.29) is 0 Å². The molecule has 92 valence electrons. The molecule has 1 nitrogen and oxygen atoms in total. The van der Waals surface area contributed by atoms with Gasteiger partial charge in [0.15, 0.2) is 12.4 Å². The number of hydrogen-bond donors (Lipinski definition) is 0. The lowest BCUT2D eigenvalue weighted by Crippen LogP contribution is -2.28. The summed E-state index contributed by atoms with van der Waals surface area (Å²) < 4.78 is 2.18. The first kappa shape index (κ1) is 12.6. The van der Waals surface area contributed by atoms with Gasteiger partial charge in [0, 0.05) is 17.7 Å². The van der Waals surface area contributed by atoms with E-state index in [1.807, 2.05) is 6.92 Å². The van der Waals surface area contributed by atoms with Crippen LogP contribution in [0, 0.1) is 0 Å². The number of rotatable bonds is 4. The molecule has 1 heteroatoms. The molecule has 0 saturated carbocycles. The molecule has 0 aliphatic carbocycles. The van der Waals surface area contributed by atoms with Crippen molar-refractivity contribution in [1.29, 1.82) is 0 Å². The van der Waals surface area contributed by atoms with Crippen molar-refractivity contribution in [3.05, 3.63) is 60.3 Å². The first-order chi connectivity index (χ1) is 8.86. The maximum Gasteiger partial charge on any atom is 0.218 e. The van der Waals surface area contributed by atoms with Gasteiger partial charge in [-0.05, 0) is 37.1 Å². The van der Waals surface area contributed by atoms with Gasteiger partial charge < -0.3 is 0 Å². The number of benzene rings is 1. The van der Waals surface area contributed by atoms with Gasteiger partial charge in [-0.2, -0.15) is 4.57 Å². The molecule has 0 spiro atoms. The summed E-state index contributed by atoms with van der Waals surface area (Å²) in [5, 5.41) is 0. The second-order valence-electron chi connectivity index (χ2n) is 4.38. The second kappa shape index (κ2) is 6.15. The van der Waals surface area contributed by atoms with Gasteiger partial charge in [0.25, 0.3) is 0 Å². The van der Waals surface area contributed by atoms with Crippen LogP contribution >= 0.6 is 0 Å². The molecule has 1 aromatic heterocycles. The fourth-order valence-electron chi connectivity index (χ4n) is 2.23. The third-order valence-electron chi connectivity index (χ3n) is 3.01. The van der Waals surface area contributed by atoms with Crippen molar-refractivity contribution in [2.45, 2.75) is 26.7 Å². The van der Waals surface area contributed by atoms with Crippen molar-refractivity contribution < 1.29 is 4.57 Å². The Kier molecular flexibility index (Phi) is 4.30. The molecular formula is C17H20N+. The fraction of sp³-hybridized carbons (Fsp3) is 0.235. The summed E-state index contributed by atoms with van der Waals surface area (Å²) in [5.74, 6) is 0. The second-order valence-corrected chi connectivity index (χ2v) is 4.38. The van der Waals surface area contributed by atoms with Gasteiger partial charge in [-0.3, -0.25) is 0 Å². The zero-order chi connectivity index (χ0) is 12.8. The summed E-state index contributed by atoms with van der Waals surface area (Å²) in [5.41, 5.74) is 4.00. The predicted molar refractivity (Wildman–Crippen MR) is 77.1 cm³/mol. The van der Waals surface area contributed by atoms with Gasteiger partial charge in [0.05, 0.1) is 0 Å². The van der Waals surface area contributed by atoms with Gasteiger partial charge in [0.2, 0.25) is 5.69 Å². The van der Waals surface area contributed by atoms with Crippen LogP contribution in [-0.4, -0.2) is 0 Å². The van der Waals surface area contributed by atoms with Crippen LogP contribution in [0.1, 0.15) is 25.8 Å². The maximum atomic E-state index is 2.23. The standard InChI is InChI=1S/C17H20N/c1-3-9-15-10-5-6-11-16(15)17-12-7-8-14-18(17)13-4-2/h4-8,10-14H,3,9H2,1-2H3/q+1/b13-4-. The molecule has 0 atom stereocenters. The number of aromatic nitrogens is 1. The van der Waals surface area contributed by atoms with E-state index in [0.29, 0.717) is 0 Å². The summed E-state index contributed by atoms with van der Waals surface area (Å²) in [4.78, 5) is 0. The van der Waals surface area contributed by atoms with E-state index in [4.69, 9.17) is 0 Å². The van der Waals surface area contributed by atoms with Crippen molar-refractivity contribution >= 4 is 6.20 Å². The van der Waals surface area contributed by atoms with Crippen molar-refractivity contribution in [1.82, 2.24) is 0 Å². The minimum atomic E-state index is 1.13. The van der Waals surface area contributed by atoms with E-state index in [9.17, 15) is 0 Å². The minimum absolute atomic E-state index is 1.13. The van der Waals surface area contributed by atoms with Gasteiger partial charge in [-0.25, -0.2) is 0 Å². The Hall–Kier alpha value is -1.89. The Bertz CT molecular complexity index is 541. The molecule has 0 aliphatic rings. The predicted octanol–water partition coefficient (Wildman–Crippen LogP) is 4.08. The Labute approximate surface area is 109 Å². The van der Waals surface area contributed by atoms with E-state index < -0.39 is 0 Å². The van der Waals surface area contributed by atoms with Crippen LogP contribution in [-0.2, 0) is 6.42 Å². The van der Waals surface area contributed by atoms with Gasteiger partial charge in [-0.1, -0.05) is 31.5 Å². The van der Waals surface area contributed by atoms with E-state index in [0.717, 1.165) is 6.42 Å². The van der Waals surface area contributed by atoms with Gasteiger partial charge in [-0.15, -0.1) is 0 Å². The van der Waals surface area contributed by atoms with E-state index >= 15 is 0 Å². The largest absolute Gasteiger partial charge is 0.218 e. The van der Waals surface area contributed by atoms with Crippen molar-refractivity contribution in [3.8, 4) is 11.3 Å². The Balaban J connectivity index is 2.54. The lowest BCUT2D eigenvalue weighted by atomic mass is 10.00. The molecule has 0 amide bonds. The molecule has 0 aliphatic heterocycles. The quantitative estimate of drug-likeness (QED) is 0.706. The topological polar surface area (TPSA) is 3.88 Å². The molecule has 1 heterocycles. The van der Waals surface area contributed by atoms with Crippen LogP contribution in [0.15, 0.2) is 54.7 Å². The minimum Gasteiger partial charge on any atom is -0.167 e. The highest BCUT2D eigenvalue weighted by molar-refractivity contribution is 5.61. The molecule has 0 fully saturated rings. The molecule has 18 heavy (non-hydrogen) atoms. The molecule has 0 bridgehead atoms. The smallest absolute Gasteiger partial charge is 0.167 e. The third-order valence-corrected chi connectivity index (χ3v) is 3.01. The van der Waals surface area contributed by atoms with Gasteiger partial charge >= 0.3 is 0 Å². The molecule has 0 N–H and O–H groups in total. The number of allylic oxidation sites excluding steroid dienone is 1. The lowest BCUT2D eigenvalue weighted by molar-refractivity contribution is -0.556. The molecule has 0 radical (unpaired) electrons. The highest BCUT2D eigenvalue weighted by Gasteiger charge is 2.13. The van der Waals surface area contributed by atoms with Crippen molar-refractivity contribution in [2.24, 2.45) is 0 Å². The zero-order valence-corrected chi connectivity index (χ0v) is 11.1. The number of pyridine rings is 1. The first-order valence-electron chi connectivity index (χ1n) is 6.58. The first-order valence-corrected chi connectivity index (χ1v) is 6.58. The highest BCUT2D eigenvalue weighted by Crippen LogP contribution is 2.21.